The van der Waals surface area contributed by atoms with Gasteiger partial charge in [0, 0.05) is 18.4 Å². The number of hydrogen-bond acceptors (Lipinski definition) is 7. The first-order chi connectivity index (χ1) is 21.3. The molecule has 2 aromatic rings. The minimum Gasteiger partial charge on any atom is -0.459 e. The molecule has 7 nitrogen and oxygen atoms in total. The van der Waals surface area contributed by atoms with Gasteiger partial charge in [-0.3, -0.25) is 4.90 Å². The molecular formula is C37H47NO6. The number of carbonyl (C=O) groups excluding carboxylic acids is 2. The maximum absolute atomic E-state index is 13.4. The Balaban J connectivity index is 1.32. The summed E-state index contributed by atoms with van der Waals surface area (Å²) in [6.45, 7) is 7.38. The number of esters is 2. The summed E-state index contributed by atoms with van der Waals surface area (Å²) in [6.07, 6.45) is 11.7. The summed E-state index contributed by atoms with van der Waals surface area (Å²) in [5.41, 5.74) is -1.68. The van der Waals surface area contributed by atoms with Crippen molar-refractivity contribution in [3.63, 3.8) is 0 Å². The molecule has 0 aromatic heterocycles. The minimum atomic E-state index is -1.74. The third-order valence-electron chi connectivity index (χ3n) is 9.26. The van der Waals surface area contributed by atoms with E-state index in [0.29, 0.717) is 36.3 Å². The Labute approximate surface area is 262 Å². The van der Waals surface area contributed by atoms with E-state index in [9.17, 15) is 19.8 Å². The second kappa shape index (κ2) is 16.0. The first kappa shape index (κ1) is 33.5. The lowest BCUT2D eigenvalue weighted by Crippen LogP contribution is -2.45. The fraction of sp³-hybridized carbons (Fsp3) is 0.514. The molecule has 0 aliphatic heterocycles. The van der Waals surface area contributed by atoms with Crippen LogP contribution >= 0.6 is 0 Å². The number of rotatable bonds is 12. The fourth-order valence-corrected chi connectivity index (χ4v) is 6.69. The molecule has 2 saturated carbocycles. The summed E-state index contributed by atoms with van der Waals surface area (Å²) in [6, 6.07) is 18.1. The highest BCUT2D eigenvalue weighted by Crippen LogP contribution is 2.41. The number of carbonyl (C=O) groups is 2. The van der Waals surface area contributed by atoms with E-state index < -0.39 is 23.1 Å². The lowest BCUT2D eigenvalue weighted by Gasteiger charge is -2.36. The SMILES string of the molecule is C=C(COC(=O)C(O)(c1ccccc1)C1CCCCC1)CN(CC)CC#COC(=O)C(O)(c1ccccc1)C1CCCCC1. The fourth-order valence-electron chi connectivity index (χ4n) is 6.69. The van der Waals surface area contributed by atoms with Crippen molar-refractivity contribution < 1.29 is 29.3 Å². The monoisotopic (exact) mass is 601 g/mol. The lowest BCUT2D eigenvalue weighted by atomic mass is 9.73. The van der Waals surface area contributed by atoms with Crippen molar-refractivity contribution in [2.75, 3.05) is 26.2 Å². The van der Waals surface area contributed by atoms with Crippen LogP contribution in [-0.2, 0) is 30.3 Å². The first-order valence-corrected chi connectivity index (χ1v) is 16.1. The van der Waals surface area contributed by atoms with Gasteiger partial charge in [0.25, 0.3) is 0 Å². The number of likely N-dealkylation sites (N-methyl/N-ethyl adjacent to an activating group) is 1. The molecule has 236 valence electrons. The quantitative estimate of drug-likeness (QED) is 0.179. The highest BCUT2D eigenvalue weighted by atomic mass is 16.6. The molecule has 7 heteroatoms. The normalized spacial score (nSPS) is 18.7. The molecule has 44 heavy (non-hydrogen) atoms. The van der Waals surface area contributed by atoms with E-state index in [1.807, 2.05) is 48.2 Å². The minimum absolute atomic E-state index is 0.0227. The van der Waals surface area contributed by atoms with Crippen LogP contribution in [0.25, 0.3) is 0 Å². The predicted molar refractivity (Wildman–Crippen MR) is 170 cm³/mol. The van der Waals surface area contributed by atoms with Gasteiger partial charge in [-0.15, -0.1) is 0 Å². The van der Waals surface area contributed by atoms with Crippen LogP contribution in [0.5, 0.6) is 0 Å². The first-order valence-electron chi connectivity index (χ1n) is 16.1. The van der Waals surface area contributed by atoms with E-state index in [1.54, 1.807) is 24.3 Å². The summed E-state index contributed by atoms with van der Waals surface area (Å²) in [4.78, 5) is 28.6. The van der Waals surface area contributed by atoms with Gasteiger partial charge in [0.15, 0.2) is 11.2 Å². The van der Waals surface area contributed by atoms with Crippen LogP contribution < -0.4 is 0 Å². The van der Waals surface area contributed by atoms with Crippen LogP contribution in [0.1, 0.15) is 82.3 Å². The van der Waals surface area contributed by atoms with Crippen molar-refractivity contribution in [2.24, 2.45) is 11.8 Å². The maximum atomic E-state index is 13.4. The van der Waals surface area contributed by atoms with Gasteiger partial charge in [-0.1, -0.05) is 113 Å². The molecule has 0 radical (unpaired) electrons. The van der Waals surface area contributed by atoms with E-state index >= 15 is 0 Å². The van der Waals surface area contributed by atoms with Crippen LogP contribution in [-0.4, -0.2) is 53.3 Å². The summed E-state index contributed by atoms with van der Waals surface area (Å²) in [5, 5.41) is 23.4. The molecule has 0 bridgehead atoms. The summed E-state index contributed by atoms with van der Waals surface area (Å²) in [5.74, 6) is 1.09. The number of ether oxygens (including phenoxy) is 2. The summed E-state index contributed by atoms with van der Waals surface area (Å²) < 4.78 is 11.0. The smallest absolute Gasteiger partial charge is 0.357 e. The van der Waals surface area contributed by atoms with E-state index in [2.05, 4.69) is 18.6 Å². The van der Waals surface area contributed by atoms with Crippen LogP contribution in [0.2, 0.25) is 0 Å². The predicted octanol–water partition coefficient (Wildman–Crippen LogP) is 5.85. The molecule has 4 rings (SSSR count). The van der Waals surface area contributed by atoms with Crippen molar-refractivity contribution in [1.82, 2.24) is 4.90 Å². The molecule has 2 aliphatic carbocycles. The topological polar surface area (TPSA) is 96.3 Å². The lowest BCUT2D eigenvalue weighted by molar-refractivity contribution is -0.174. The zero-order chi connectivity index (χ0) is 31.4. The van der Waals surface area contributed by atoms with Crippen molar-refractivity contribution in [3.05, 3.63) is 83.9 Å². The van der Waals surface area contributed by atoms with Crippen LogP contribution in [0.15, 0.2) is 72.8 Å². The zero-order valence-corrected chi connectivity index (χ0v) is 26.0. The average molecular weight is 602 g/mol. The molecule has 2 aliphatic rings. The van der Waals surface area contributed by atoms with E-state index in [0.717, 1.165) is 64.2 Å². The van der Waals surface area contributed by atoms with E-state index in [4.69, 9.17) is 9.47 Å². The van der Waals surface area contributed by atoms with Gasteiger partial charge >= 0.3 is 11.9 Å². The Morgan fingerprint density at radius 1 is 0.818 bits per heavy atom. The number of benzene rings is 2. The number of hydrogen-bond donors (Lipinski definition) is 2. The molecule has 2 unspecified atom stereocenters. The Bertz CT molecular complexity index is 1290. The largest absolute Gasteiger partial charge is 0.459 e. The van der Waals surface area contributed by atoms with E-state index in [1.165, 1.54) is 0 Å². The van der Waals surface area contributed by atoms with Crippen molar-refractivity contribution in [1.29, 1.82) is 0 Å². The molecule has 2 aromatic carbocycles. The molecule has 2 atom stereocenters. The molecule has 2 N–H and O–H groups in total. The van der Waals surface area contributed by atoms with Gasteiger partial charge in [-0.25, -0.2) is 9.59 Å². The molecular weight excluding hydrogens is 554 g/mol. The summed E-state index contributed by atoms with van der Waals surface area (Å²) in [7, 11) is 0. The third kappa shape index (κ3) is 7.98. The second-order valence-corrected chi connectivity index (χ2v) is 12.2. The van der Waals surface area contributed by atoms with Crippen molar-refractivity contribution >= 4 is 11.9 Å². The van der Waals surface area contributed by atoms with E-state index in [-0.39, 0.29) is 18.4 Å². The Kier molecular flexibility index (Phi) is 12.2. The molecule has 0 heterocycles. The van der Waals surface area contributed by atoms with Gasteiger partial charge in [0.2, 0.25) is 0 Å². The summed E-state index contributed by atoms with van der Waals surface area (Å²) >= 11 is 0. The van der Waals surface area contributed by atoms with Gasteiger partial charge in [0.05, 0.1) is 6.54 Å². The Morgan fingerprint density at radius 2 is 1.30 bits per heavy atom. The van der Waals surface area contributed by atoms with Crippen molar-refractivity contribution in [2.45, 2.75) is 82.3 Å². The zero-order valence-electron chi connectivity index (χ0n) is 26.0. The van der Waals surface area contributed by atoms with Gasteiger partial charge in [0.1, 0.15) is 12.7 Å². The highest BCUT2D eigenvalue weighted by Gasteiger charge is 2.48. The number of aliphatic hydroxyl groups is 2. The Morgan fingerprint density at radius 3 is 1.77 bits per heavy atom. The molecule has 2 fully saturated rings. The van der Waals surface area contributed by atoms with Crippen LogP contribution in [0, 0.1) is 23.9 Å². The maximum Gasteiger partial charge on any atom is 0.357 e. The van der Waals surface area contributed by atoms with Crippen molar-refractivity contribution in [3.8, 4) is 12.0 Å². The second-order valence-electron chi connectivity index (χ2n) is 12.2. The standard InChI is InChI=1S/C37H47NO6/c1-3-38(25-16-26-43-34(39)36(41,30-17-8-4-9-18-30)31-19-10-5-11-20-31)27-29(2)28-44-35(40)37(42,32-21-12-6-13-22-32)33-23-14-7-15-24-33/h4,6,8-9,12-13,17-18,21-22,31,33,41-42H,2-3,5,7,10-11,14-15,19-20,23-25,27-28H2,1H3. The molecule has 0 spiro atoms. The van der Waals surface area contributed by atoms with Gasteiger partial charge in [-0.2, -0.15) is 0 Å². The molecule has 0 saturated heterocycles. The highest BCUT2D eigenvalue weighted by molar-refractivity contribution is 5.82. The van der Waals surface area contributed by atoms with Gasteiger partial charge < -0.3 is 19.7 Å². The third-order valence-corrected chi connectivity index (χ3v) is 9.26. The number of nitrogens with zero attached hydrogens (tertiary/aromatic N) is 1. The average Bonchev–Trinajstić information content (AvgIpc) is 3.09. The van der Waals surface area contributed by atoms with Gasteiger partial charge in [-0.05, 0) is 54.8 Å². The Hall–Kier alpha value is -3.44. The van der Waals surface area contributed by atoms with Crippen LogP contribution in [0.3, 0.4) is 0 Å². The van der Waals surface area contributed by atoms with Crippen LogP contribution in [0.4, 0.5) is 0 Å². The molecule has 0 amide bonds.